The molecule has 0 radical (unpaired) electrons. The van der Waals surface area contributed by atoms with E-state index >= 15 is 0 Å². The third-order valence-corrected chi connectivity index (χ3v) is 5.47. The van der Waals surface area contributed by atoms with E-state index in [-0.39, 0.29) is 12.6 Å². The maximum Gasteiger partial charge on any atom is 0.347 e. The Morgan fingerprint density at radius 3 is 2.61 bits per heavy atom. The smallest absolute Gasteiger partial charge is 0.347 e. The average molecular weight is 425 g/mol. The summed E-state index contributed by atoms with van der Waals surface area (Å²) in [5.41, 5.74) is 7.65. The van der Waals surface area contributed by atoms with E-state index < -0.39 is 23.5 Å². The summed E-state index contributed by atoms with van der Waals surface area (Å²) >= 11 is 0. The van der Waals surface area contributed by atoms with Gasteiger partial charge in [-0.05, 0) is 57.7 Å². The monoisotopic (exact) mass is 424 g/mol. The minimum atomic E-state index is -0.899. The summed E-state index contributed by atoms with van der Waals surface area (Å²) < 4.78 is 10.7. The van der Waals surface area contributed by atoms with Gasteiger partial charge >= 0.3 is 11.9 Å². The van der Waals surface area contributed by atoms with Gasteiger partial charge in [0.2, 0.25) is 0 Å². The fourth-order valence-electron chi connectivity index (χ4n) is 3.24. The van der Waals surface area contributed by atoms with Gasteiger partial charge in [-0.1, -0.05) is 43.2 Å². The van der Waals surface area contributed by atoms with Gasteiger partial charge in [0.05, 0.1) is 23.2 Å². The highest BCUT2D eigenvalue weighted by Gasteiger charge is 2.36. The second kappa shape index (κ2) is 9.60. The fraction of sp³-hybridized carbons (Fsp3) is 0.480. The lowest BCUT2D eigenvalue weighted by Crippen LogP contribution is -2.35. The summed E-state index contributed by atoms with van der Waals surface area (Å²) in [6.45, 7) is 7.47. The van der Waals surface area contributed by atoms with E-state index in [4.69, 9.17) is 15.2 Å². The second-order valence-electron chi connectivity index (χ2n) is 8.86. The Labute approximate surface area is 183 Å². The summed E-state index contributed by atoms with van der Waals surface area (Å²) in [4.78, 5) is 29.7. The third kappa shape index (κ3) is 6.14. The van der Waals surface area contributed by atoms with Crippen molar-refractivity contribution >= 4 is 28.9 Å². The number of carbonyl (C=O) groups is 2. The number of fused-ring (bicyclic) bond motifs is 1. The Balaban J connectivity index is 1.73. The Bertz CT molecular complexity index is 977. The van der Waals surface area contributed by atoms with Gasteiger partial charge in [-0.15, -0.1) is 0 Å². The first-order chi connectivity index (χ1) is 14.7. The second-order valence-corrected chi connectivity index (χ2v) is 8.86. The number of nitrogens with two attached hydrogens (primary N) is 1. The zero-order chi connectivity index (χ0) is 22.6. The third-order valence-electron chi connectivity index (χ3n) is 5.47. The number of rotatable bonds is 9. The molecule has 166 valence electrons. The summed E-state index contributed by atoms with van der Waals surface area (Å²) in [6.07, 6.45) is 5.50. The topological polar surface area (TPSA) is 91.5 Å². The maximum atomic E-state index is 12.8. The molecule has 1 aliphatic rings. The van der Waals surface area contributed by atoms with Gasteiger partial charge < -0.3 is 15.2 Å². The zero-order valence-corrected chi connectivity index (χ0v) is 18.8. The van der Waals surface area contributed by atoms with Crippen molar-refractivity contribution in [3.05, 3.63) is 47.7 Å². The lowest BCUT2D eigenvalue weighted by atomic mass is 9.92. The number of carbonyl (C=O) groups excluding carboxylic acids is 2. The summed E-state index contributed by atoms with van der Waals surface area (Å²) in [5, 5.41) is 1.03. The normalized spacial score (nSPS) is 16.3. The van der Waals surface area contributed by atoms with E-state index in [1.54, 1.807) is 26.8 Å². The van der Waals surface area contributed by atoms with Crippen LogP contribution in [-0.2, 0) is 19.1 Å². The molecule has 2 atom stereocenters. The van der Waals surface area contributed by atoms with Crippen molar-refractivity contribution in [1.29, 1.82) is 0 Å². The highest BCUT2D eigenvalue weighted by atomic mass is 16.6. The van der Waals surface area contributed by atoms with Crippen molar-refractivity contribution in [2.75, 3.05) is 6.61 Å². The number of benzene rings is 1. The first kappa shape index (κ1) is 22.9. The van der Waals surface area contributed by atoms with Gasteiger partial charge in [0.1, 0.15) is 0 Å². The summed E-state index contributed by atoms with van der Waals surface area (Å²) in [7, 11) is 0. The molecule has 1 heterocycles. The minimum absolute atomic E-state index is 0.139. The molecule has 0 spiro atoms. The number of nitrogens with zero attached hydrogens (tertiary/aromatic N) is 1. The van der Waals surface area contributed by atoms with E-state index in [0.717, 1.165) is 35.0 Å². The molecule has 1 fully saturated rings. The number of hydrogen-bond donors (Lipinski definition) is 1. The highest BCUT2D eigenvalue weighted by molar-refractivity contribution is 5.85. The average Bonchev–Trinajstić information content (AvgIpc) is 3.55. The van der Waals surface area contributed by atoms with E-state index in [1.807, 2.05) is 43.3 Å². The van der Waals surface area contributed by atoms with Crippen LogP contribution in [0.1, 0.15) is 64.3 Å². The SMILES string of the molecule is CCOC(=O)C(CC1CC1)OC(=O)C(C)(C)/C=C/c1ccc2ccc([C@@H](C)N)nc2c1. The largest absolute Gasteiger partial charge is 0.463 e. The van der Waals surface area contributed by atoms with E-state index in [2.05, 4.69) is 4.98 Å². The highest BCUT2D eigenvalue weighted by Crippen LogP contribution is 2.35. The van der Waals surface area contributed by atoms with Gasteiger partial charge in [-0.25, -0.2) is 4.79 Å². The molecule has 1 unspecified atom stereocenters. The van der Waals surface area contributed by atoms with Crippen molar-refractivity contribution in [3.8, 4) is 0 Å². The predicted octanol–water partition coefficient (Wildman–Crippen LogP) is 4.57. The van der Waals surface area contributed by atoms with E-state index in [1.165, 1.54) is 0 Å². The molecule has 1 aliphatic carbocycles. The van der Waals surface area contributed by atoms with Gasteiger partial charge in [0, 0.05) is 11.4 Å². The van der Waals surface area contributed by atoms with Crippen LogP contribution in [0, 0.1) is 11.3 Å². The Hall–Kier alpha value is -2.73. The number of pyridine rings is 1. The first-order valence-corrected chi connectivity index (χ1v) is 10.9. The fourth-order valence-corrected chi connectivity index (χ4v) is 3.24. The van der Waals surface area contributed by atoms with Crippen LogP contribution in [0.5, 0.6) is 0 Å². The quantitative estimate of drug-likeness (QED) is 0.593. The summed E-state index contributed by atoms with van der Waals surface area (Å²) in [5.74, 6) is -0.472. The van der Waals surface area contributed by atoms with Crippen LogP contribution in [0.3, 0.4) is 0 Å². The molecule has 6 heteroatoms. The molecular formula is C25H32N2O4. The van der Waals surface area contributed by atoms with E-state index in [0.29, 0.717) is 12.3 Å². The van der Waals surface area contributed by atoms with Crippen LogP contribution in [0.4, 0.5) is 0 Å². The molecule has 0 aliphatic heterocycles. The van der Waals surface area contributed by atoms with E-state index in [9.17, 15) is 9.59 Å². The molecule has 0 bridgehead atoms. The molecular weight excluding hydrogens is 392 g/mol. The molecule has 1 aromatic heterocycles. The van der Waals surface area contributed by atoms with Crippen molar-refractivity contribution < 1.29 is 19.1 Å². The molecule has 2 aromatic rings. The van der Waals surface area contributed by atoms with Crippen LogP contribution < -0.4 is 5.73 Å². The predicted molar refractivity (Wildman–Crippen MR) is 121 cm³/mol. The Morgan fingerprint density at radius 2 is 1.97 bits per heavy atom. The number of esters is 2. The Morgan fingerprint density at radius 1 is 1.26 bits per heavy atom. The van der Waals surface area contributed by atoms with Crippen LogP contribution >= 0.6 is 0 Å². The molecule has 1 aromatic carbocycles. The number of hydrogen-bond acceptors (Lipinski definition) is 6. The molecule has 31 heavy (non-hydrogen) atoms. The molecule has 1 saturated carbocycles. The molecule has 6 nitrogen and oxygen atoms in total. The molecule has 2 N–H and O–H groups in total. The lowest BCUT2D eigenvalue weighted by Gasteiger charge is -2.23. The van der Waals surface area contributed by atoms with Crippen molar-refractivity contribution in [2.45, 2.75) is 59.1 Å². The molecule has 0 amide bonds. The van der Waals surface area contributed by atoms with Gasteiger partial charge in [-0.2, -0.15) is 0 Å². The van der Waals surface area contributed by atoms with Gasteiger partial charge in [0.15, 0.2) is 6.10 Å². The maximum absolute atomic E-state index is 12.8. The lowest BCUT2D eigenvalue weighted by molar-refractivity contribution is -0.172. The van der Waals surface area contributed by atoms with Crippen molar-refractivity contribution in [2.24, 2.45) is 17.1 Å². The molecule has 3 rings (SSSR count). The molecule has 0 saturated heterocycles. The van der Waals surface area contributed by atoms with Crippen molar-refractivity contribution in [3.63, 3.8) is 0 Å². The standard InChI is InChI=1S/C25H32N2O4/c1-5-30-23(28)22(15-17-6-7-17)31-24(29)25(3,4)13-12-18-8-9-19-10-11-20(16(2)26)27-21(19)14-18/h8-14,16-17,22H,5-7,15,26H2,1-4H3/b13-12+/t16-,22?/m1/s1. The summed E-state index contributed by atoms with van der Waals surface area (Å²) in [6, 6.07) is 9.73. The van der Waals surface area contributed by atoms with Crippen LogP contribution in [0.25, 0.3) is 17.0 Å². The first-order valence-electron chi connectivity index (χ1n) is 10.9. The minimum Gasteiger partial charge on any atom is -0.463 e. The van der Waals surface area contributed by atoms with Crippen LogP contribution in [0.15, 0.2) is 36.4 Å². The van der Waals surface area contributed by atoms with Crippen LogP contribution in [-0.4, -0.2) is 29.6 Å². The van der Waals surface area contributed by atoms with Gasteiger partial charge in [-0.3, -0.25) is 9.78 Å². The Kier molecular flexibility index (Phi) is 7.11. The van der Waals surface area contributed by atoms with Crippen molar-refractivity contribution in [1.82, 2.24) is 4.98 Å². The van der Waals surface area contributed by atoms with Gasteiger partial charge in [0.25, 0.3) is 0 Å². The number of ether oxygens (including phenoxy) is 2. The zero-order valence-electron chi connectivity index (χ0n) is 18.8. The van der Waals surface area contributed by atoms with Crippen LogP contribution in [0.2, 0.25) is 0 Å². The number of aromatic nitrogens is 1.